The van der Waals surface area contributed by atoms with E-state index in [0.717, 1.165) is 43.7 Å². The molecule has 0 bridgehead atoms. The number of piperidine rings is 1. The molecule has 0 radical (unpaired) electrons. The van der Waals surface area contributed by atoms with E-state index in [9.17, 15) is 27.9 Å². The third-order valence-electron chi connectivity index (χ3n) is 12.3. The molecule has 1 saturated carbocycles. The maximum atomic E-state index is 17.9. The summed E-state index contributed by atoms with van der Waals surface area (Å²) >= 11 is 0. The minimum absolute atomic E-state index is 0.0123. The number of carbonyl (C=O) groups is 2. The summed E-state index contributed by atoms with van der Waals surface area (Å²) in [6.45, 7) is 5.78. The lowest BCUT2D eigenvalue weighted by atomic mass is 9.84. The Morgan fingerprint density at radius 1 is 0.980 bits per heavy atom. The van der Waals surface area contributed by atoms with Gasteiger partial charge in [0, 0.05) is 62.3 Å². The number of aliphatic carboxylic acids is 1. The Balaban J connectivity index is 1.32. The highest BCUT2D eigenvalue weighted by Gasteiger charge is 2.59. The lowest BCUT2D eigenvalue weighted by Crippen LogP contribution is -2.52. The minimum Gasteiger partial charge on any atom is -0.497 e. The SMILES string of the molecule is CC[C@H]1CN(C(=O)[C@]2(F)CN(C3(CC)CCCC3)C[C@H]2c2ccc(OC)cc2)C[C@@H]1c1ccc(C(F)(F)F)cc1N1CCC(C(=O)O)CC1. The van der Waals surface area contributed by atoms with Gasteiger partial charge in [-0.1, -0.05) is 51.3 Å². The monoisotopic (exact) mass is 687 g/mol. The molecule has 0 unspecified atom stereocenters. The van der Waals surface area contributed by atoms with Crippen molar-refractivity contribution in [2.24, 2.45) is 11.8 Å². The van der Waals surface area contributed by atoms with E-state index in [0.29, 0.717) is 62.4 Å². The van der Waals surface area contributed by atoms with Crippen molar-refractivity contribution < 1.29 is 37.0 Å². The van der Waals surface area contributed by atoms with Crippen LogP contribution in [0.3, 0.4) is 0 Å². The summed E-state index contributed by atoms with van der Waals surface area (Å²) in [6.07, 6.45) is 1.81. The predicted molar refractivity (Wildman–Crippen MR) is 180 cm³/mol. The van der Waals surface area contributed by atoms with Gasteiger partial charge in [-0.3, -0.25) is 14.5 Å². The van der Waals surface area contributed by atoms with Gasteiger partial charge in [0.1, 0.15) is 5.75 Å². The number of rotatable bonds is 9. The number of carboxylic acid groups (broad SMARTS) is 1. The van der Waals surface area contributed by atoms with Crippen molar-refractivity contribution in [1.29, 1.82) is 0 Å². The smallest absolute Gasteiger partial charge is 0.416 e. The molecular weight excluding hydrogens is 638 g/mol. The Bertz CT molecular complexity index is 1500. The van der Waals surface area contributed by atoms with Crippen molar-refractivity contribution in [3.8, 4) is 5.75 Å². The van der Waals surface area contributed by atoms with Gasteiger partial charge >= 0.3 is 12.1 Å². The Morgan fingerprint density at radius 3 is 2.22 bits per heavy atom. The van der Waals surface area contributed by atoms with Gasteiger partial charge in [0.2, 0.25) is 5.67 Å². The highest BCUT2D eigenvalue weighted by Crippen LogP contribution is 2.50. The summed E-state index contributed by atoms with van der Waals surface area (Å²) in [5, 5.41) is 9.51. The molecular formula is C38H49F4N3O4. The summed E-state index contributed by atoms with van der Waals surface area (Å²) in [5.41, 5.74) is -1.19. The highest BCUT2D eigenvalue weighted by molar-refractivity contribution is 5.88. The van der Waals surface area contributed by atoms with Gasteiger partial charge in [-0.05, 0) is 73.4 Å². The van der Waals surface area contributed by atoms with Crippen LogP contribution in [0.2, 0.25) is 0 Å². The molecule has 2 aromatic carbocycles. The van der Waals surface area contributed by atoms with Crippen molar-refractivity contribution >= 4 is 17.6 Å². The summed E-state index contributed by atoms with van der Waals surface area (Å²) in [4.78, 5) is 31.9. The number of benzene rings is 2. The maximum Gasteiger partial charge on any atom is 0.416 e. The zero-order chi connectivity index (χ0) is 35.1. The van der Waals surface area contributed by atoms with Gasteiger partial charge in [-0.15, -0.1) is 0 Å². The lowest BCUT2D eigenvalue weighted by molar-refractivity contribution is -0.144. The molecule has 268 valence electrons. The summed E-state index contributed by atoms with van der Waals surface area (Å²) in [7, 11) is 1.58. The van der Waals surface area contributed by atoms with Gasteiger partial charge in [-0.2, -0.15) is 13.2 Å². The molecule has 1 amide bonds. The van der Waals surface area contributed by atoms with E-state index in [2.05, 4.69) is 11.8 Å². The number of likely N-dealkylation sites (tertiary alicyclic amines) is 2. The third-order valence-corrected chi connectivity index (χ3v) is 12.3. The molecule has 6 rings (SSSR count). The second-order valence-electron chi connectivity index (χ2n) is 14.7. The summed E-state index contributed by atoms with van der Waals surface area (Å²) < 4.78 is 65.1. The molecule has 7 nitrogen and oxygen atoms in total. The number of carboxylic acids is 1. The van der Waals surface area contributed by atoms with E-state index in [-0.39, 0.29) is 30.5 Å². The number of hydrogen-bond donors (Lipinski definition) is 1. The van der Waals surface area contributed by atoms with Crippen LogP contribution in [0, 0.1) is 11.8 Å². The fourth-order valence-corrected chi connectivity index (χ4v) is 9.27. The largest absolute Gasteiger partial charge is 0.497 e. The normalized spacial score (nSPS) is 27.9. The molecule has 3 aliphatic heterocycles. The molecule has 1 aliphatic carbocycles. The molecule has 3 saturated heterocycles. The Morgan fingerprint density at radius 2 is 1.65 bits per heavy atom. The number of carbonyl (C=O) groups excluding carboxylic acids is 1. The van der Waals surface area contributed by atoms with Gasteiger partial charge < -0.3 is 19.6 Å². The average Bonchev–Trinajstić information content (AvgIpc) is 3.85. The summed E-state index contributed by atoms with van der Waals surface area (Å²) in [6, 6.07) is 11.1. The fraction of sp³-hybridized carbons (Fsp3) is 0.632. The fourth-order valence-electron chi connectivity index (χ4n) is 9.27. The van der Waals surface area contributed by atoms with Crippen LogP contribution in [0.15, 0.2) is 42.5 Å². The van der Waals surface area contributed by atoms with Gasteiger partial charge in [0.25, 0.3) is 5.91 Å². The Labute approximate surface area is 286 Å². The molecule has 4 atom stereocenters. The Kier molecular flexibility index (Phi) is 9.96. The number of ether oxygens (including phenoxy) is 1. The highest BCUT2D eigenvalue weighted by atomic mass is 19.4. The summed E-state index contributed by atoms with van der Waals surface area (Å²) in [5.74, 6) is -2.36. The van der Waals surface area contributed by atoms with E-state index >= 15 is 4.39 Å². The van der Waals surface area contributed by atoms with E-state index in [1.807, 2.05) is 24.0 Å². The van der Waals surface area contributed by atoms with E-state index in [1.54, 1.807) is 24.1 Å². The van der Waals surface area contributed by atoms with Crippen LogP contribution in [0.25, 0.3) is 0 Å². The van der Waals surface area contributed by atoms with E-state index in [1.165, 1.54) is 12.1 Å². The van der Waals surface area contributed by atoms with Crippen LogP contribution >= 0.6 is 0 Å². The first kappa shape index (κ1) is 35.5. The molecule has 4 aliphatic rings. The zero-order valence-corrected chi connectivity index (χ0v) is 28.8. The number of methoxy groups -OCH3 is 1. The van der Waals surface area contributed by atoms with Crippen molar-refractivity contribution in [1.82, 2.24) is 9.80 Å². The lowest BCUT2D eigenvalue weighted by Gasteiger charge is -2.38. The maximum absolute atomic E-state index is 17.9. The first-order valence-corrected chi connectivity index (χ1v) is 17.9. The molecule has 0 aromatic heterocycles. The average molecular weight is 688 g/mol. The molecule has 0 spiro atoms. The van der Waals surface area contributed by atoms with Crippen LogP contribution in [-0.2, 0) is 15.8 Å². The number of halogens is 4. The quantitative estimate of drug-likeness (QED) is 0.276. The third kappa shape index (κ3) is 6.64. The minimum atomic E-state index is -4.55. The standard InChI is InChI=1S/C38H49F4N3O4/c1-4-25-21-44(22-31(25)30-13-10-28(38(40,41)42)20-33(30)43-18-14-27(15-19-43)34(46)47)35(48)37(39)24-45(36(5-2)16-6-7-17-36)23-32(37)26-8-11-29(49-3)12-9-26/h8-13,20,25,27,31-32H,4-7,14-19,21-24H2,1-3H3,(H,46,47)/t25-,31-,32-,37-/m0/s1. The van der Waals surface area contributed by atoms with Crippen molar-refractivity contribution in [2.75, 3.05) is 51.3 Å². The van der Waals surface area contributed by atoms with E-state index < -0.39 is 41.1 Å². The van der Waals surface area contributed by atoms with Crippen LogP contribution in [0.5, 0.6) is 5.75 Å². The van der Waals surface area contributed by atoms with Gasteiger partial charge in [0.15, 0.2) is 0 Å². The first-order chi connectivity index (χ1) is 23.3. The van der Waals surface area contributed by atoms with Crippen LogP contribution in [0.4, 0.5) is 23.2 Å². The Hall–Kier alpha value is -3.34. The zero-order valence-electron chi connectivity index (χ0n) is 28.8. The number of hydrogen-bond acceptors (Lipinski definition) is 5. The molecule has 2 aromatic rings. The second kappa shape index (κ2) is 13.8. The molecule has 4 fully saturated rings. The number of anilines is 1. The number of amides is 1. The predicted octanol–water partition coefficient (Wildman–Crippen LogP) is 7.50. The van der Waals surface area contributed by atoms with Crippen LogP contribution in [0.1, 0.15) is 93.7 Å². The second-order valence-corrected chi connectivity index (χ2v) is 14.7. The molecule has 49 heavy (non-hydrogen) atoms. The van der Waals surface area contributed by atoms with Crippen molar-refractivity contribution in [3.05, 3.63) is 59.2 Å². The van der Waals surface area contributed by atoms with E-state index in [4.69, 9.17) is 4.74 Å². The van der Waals surface area contributed by atoms with Crippen molar-refractivity contribution in [3.63, 3.8) is 0 Å². The topological polar surface area (TPSA) is 73.3 Å². The first-order valence-electron chi connectivity index (χ1n) is 17.9. The van der Waals surface area contributed by atoms with Gasteiger partial charge in [-0.25, -0.2) is 4.39 Å². The van der Waals surface area contributed by atoms with Crippen LogP contribution < -0.4 is 9.64 Å². The molecule has 1 N–H and O–H groups in total. The molecule has 11 heteroatoms. The van der Waals surface area contributed by atoms with Crippen LogP contribution in [-0.4, -0.2) is 84.4 Å². The molecule has 3 heterocycles. The number of nitrogens with zero attached hydrogens (tertiary/aromatic N) is 3. The van der Waals surface area contributed by atoms with Gasteiger partial charge in [0.05, 0.1) is 18.6 Å². The number of alkyl halides is 4. The van der Waals surface area contributed by atoms with Crippen molar-refractivity contribution in [2.45, 2.75) is 94.4 Å².